The summed E-state index contributed by atoms with van der Waals surface area (Å²) in [5, 5.41) is 16.3. The van der Waals surface area contributed by atoms with Gasteiger partial charge >= 0.3 is 6.09 Å². The lowest BCUT2D eigenvalue weighted by atomic mass is 9.87. The van der Waals surface area contributed by atoms with E-state index in [0.717, 1.165) is 72.9 Å². The fourth-order valence-electron chi connectivity index (χ4n) is 6.75. The molecule has 1 amide bonds. The van der Waals surface area contributed by atoms with E-state index in [4.69, 9.17) is 21.1 Å². The molecule has 1 saturated heterocycles. The molecule has 1 atom stereocenters. The molecule has 2 aromatic rings. The minimum absolute atomic E-state index is 0.328. The smallest absolute Gasteiger partial charge is 0.426 e. The highest BCUT2D eigenvalue weighted by Crippen LogP contribution is 2.45. The predicted octanol–water partition coefficient (Wildman–Crippen LogP) is 7.86. The predicted molar refractivity (Wildman–Crippen MR) is 161 cm³/mol. The van der Waals surface area contributed by atoms with Gasteiger partial charge in [-0.2, -0.15) is 0 Å². The average molecular weight is 576 g/mol. The van der Waals surface area contributed by atoms with E-state index in [9.17, 15) is 9.90 Å². The first kappa shape index (κ1) is 27.6. The molecule has 216 valence electrons. The van der Waals surface area contributed by atoms with Gasteiger partial charge in [0.15, 0.2) is 0 Å². The number of hydrazine groups is 1. The Bertz CT molecular complexity index is 1480. The van der Waals surface area contributed by atoms with Crippen molar-refractivity contribution in [2.45, 2.75) is 64.8 Å². The molecule has 3 heterocycles. The zero-order chi connectivity index (χ0) is 28.5. The Morgan fingerprint density at radius 2 is 2.02 bits per heavy atom. The van der Waals surface area contributed by atoms with Crippen LogP contribution in [-0.4, -0.2) is 58.4 Å². The molecule has 41 heavy (non-hydrogen) atoms. The molecule has 3 aliphatic heterocycles. The summed E-state index contributed by atoms with van der Waals surface area (Å²) in [6.07, 6.45) is 9.47. The van der Waals surface area contributed by atoms with Crippen LogP contribution in [-0.2, 0) is 4.74 Å². The van der Waals surface area contributed by atoms with Crippen LogP contribution in [0.1, 0.15) is 58.8 Å². The molecule has 6 rings (SSSR count). The van der Waals surface area contributed by atoms with Crippen molar-refractivity contribution in [1.29, 1.82) is 0 Å². The highest BCUT2D eigenvalue weighted by molar-refractivity contribution is 6.31. The van der Waals surface area contributed by atoms with Crippen LogP contribution in [0, 0.1) is 0 Å². The van der Waals surface area contributed by atoms with Gasteiger partial charge in [-0.3, -0.25) is 5.01 Å². The van der Waals surface area contributed by atoms with Gasteiger partial charge in [0.05, 0.1) is 25.1 Å². The van der Waals surface area contributed by atoms with Crippen molar-refractivity contribution in [2.24, 2.45) is 0 Å². The molecule has 1 fully saturated rings. The van der Waals surface area contributed by atoms with Gasteiger partial charge in [-0.1, -0.05) is 30.7 Å². The van der Waals surface area contributed by atoms with Crippen LogP contribution in [0.2, 0.25) is 5.02 Å². The van der Waals surface area contributed by atoms with E-state index >= 15 is 0 Å². The Hall–Kier alpha value is -3.58. The number of carbonyl (C=O) groups is 1. The normalized spacial score (nSPS) is 25.1. The Balaban J connectivity index is 1.29. The largest absolute Gasteiger partial charge is 0.493 e. The van der Waals surface area contributed by atoms with Crippen molar-refractivity contribution in [3.05, 3.63) is 87.6 Å². The van der Waals surface area contributed by atoms with Crippen molar-refractivity contribution >= 4 is 28.5 Å². The summed E-state index contributed by atoms with van der Waals surface area (Å²) >= 11 is 6.17. The van der Waals surface area contributed by atoms with Gasteiger partial charge in [-0.15, -0.1) is 0 Å². The molecular weight excluding hydrogens is 538 g/mol. The number of halogens is 1. The maximum absolute atomic E-state index is 12.5. The minimum Gasteiger partial charge on any atom is -0.493 e. The third-order valence-corrected chi connectivity index (χ3v) is 9.01. The Labute approximate surface area is 246 Å². The maximum Gasteiger partial charge on any atom is 0.426 e. The molecular formula is C33H38ClN3O4. The molecule has 7 nitrogen and oxygen atoms in total. The molecule has 0 radical (unpaired) electrons. The number of ether oxygens (including phenoxy) is 2. The molecule has 0 bridgehead atoms. The van der Waals surface area contributed by atoms with Crippen LogP contribution in [0.5, 0.6) is 5.75 Å². The summed E-state index contributed by atoms with van der Waals surface area (Å²) in [5.74, 6) is 0.797. The van der Waals surface area contributed by atoms with Gasteiger partial charge in [0.2, 0.25) is 0 Å². The number of amides is 1. The maximum atomic E-state index is 12.5. The van der Waals surface area contributed by atoms with E-state index in [1.807, 2.05) is 47.7 Å². The highest BCUT2D eigenvalue weighted by atomic mass is 35.5. The van der Waals surface area contributed by atoms with Crippen molar-refractivity contribution in [3.8, 4) is 5.75 Å². The first-order valence-corrected chi connectivity index (χ1v) is 15.2. The first-order chi connectivity index (χ1) is 19.9. The Kier molecular flexibility index (Phi) is 7.89. The van der Waals surface area contributed by atoms with Crippen molar-refractivity contribution in [2.75, 3.05) is 26.2 Å². The third kappa shape index (κ3) is 5.40. The number of fused-ring (bicyclic) bond motifs is 2. The Morgan fingerprint density at radius 1 is 1.15 bits per heavy atom. The number of rotatable bonds is 6. The number of benzene rings is 2. The first-order valence-electron chi connectivity index (χ1n) is 14.8. The van der Waals surface area contributed by atoms with E-state index in [2.05, 4.69) is 18.7 Å². The van der Waals surface area contributed by atoms with Gasteiger partial charge in [-0.25, -0.2) is 9.80 Å². The lowest BCUT2D eigenvalue weighted by molar-refractivity contribution is 0.0443. The van der Waals surface area contributed by atoms with Crippen LogP contribution < -0.4 is 4.74 Å². The van der Waals surface area contributed by atoms with Crippen LogP contribution in [0.3, 0.4) is 0 Å². The molecule has 0 spiro atoms. The van der Waals surface area contributed by atoms with Crippen molar-refractivity contribution in [1.82, 2.24) is 14.9 Å². The number of nitrogens with zero attached hydrogens (tertiary/aromatic N) is 3. The lowest BCUT2D eigenvalue weighted by Gasteiger charge is -2.33. The molecule has 4 aliphatic rings. The summed E-state index contributed by atoms with van der Waals surface area (Å²) in [6, 6.07) is 12.1. The number of hydrogen-bond acceptors (Lipinski definition) is 5. The molecule has 1 aliphatic carbocycles. The molecule has 0 aromatic heterocycles. The minimum atomic E-state index is -0.961. The van der Waals surface area contributed by atoms with Crippen molar-refractivity contribution < 1.29 is 19.4 Å². The topological polar surface area (TPSA) is 65.5 Å². The summed E-state index contributed by atoms with van der Waals surface area (Å²) in [7, 11) is 0. The third-order valence-electron chi connectivity index (χ3n) is 8.77. The van der Waals surface area contributed by atoms with Gasteiger partial charge in [0, 0.05) is 47.2 Å². The second-order valence-corrected chi connectivity index (χ2v) is 11.8. The number of hydrogen-bond donors (Lipinski definition) is 1. The van der Waals surface area contributed by atoms with Gasteiger partial charge in [-0.05, 0) is 91.8 Å². The highest BCUT2D eigenvalue weighted by Gasteiger charge is 2.40. The number of allylic oxidation sites excluding steroid dienone is 1. The van der Waals surface area contributed by atoms with E-state index in [-0.39, 0.29) is 0 Å². The molecule has 0 saturated carbocycles. The summed E-state index contributed by atoms with van der Waals surface area (Å²) in [6.45, 7) is 6.77. The van der Waals surface area contributed by atoms with Crippen LogP contribution in [0.15, 0.2) is 82.6 Å². The van der Waals surface area contributed by atoms with Crippen molar-refractivity contribution in [3.63, 3.8) is 0 Å². The van der Waals surface area contributed by atoms with Crippen LogP contribution >= 0.6 is 11.6 Å². The zero-order valence-electron chi connectivity index (χ0n) is 23.9. The quantitative estimate of drug-likeness (QED) is 0.354. The fourth-order valence-corrected chi connectivity index (χ4v) is 6.93. The standard InChI is InChI=1S/C33H38ClN3O4/c1-3-23-17-22(2)35-15-13-24-7-4-9-28(32(24)35)29-19-37(33(38)39)36(30(29)21-40-20-23)14-6-16-41-31-10-5-8-25-18-26(34)11-12-27(25)31/h5,8,10-12,18,20-22H,3-4,6-7,9,13-17,19H2,1-2H3,(H,38,39)/b23-20-,29-28-,30-21+. The van der Waals surface area contributed by atoms with E-state index in [1.165, 1.54) is 27.4 Å². The SMILES string of the molecule is CC/C1=C/O/C=C2\C(=C3\CCCC4=C3N(CC4)C(C)C1)CN(C(=O)O)N2CCCOc1cccc2cc(Cl)ccc12. The average Bonchev–Trinajstić information content (AvgIpc) is 3.56. The van der Waals surface area contributed by atoms with Crippen LogP contribution in [0.25, 0.3) is 10.8 Å². The molecule has 8 heteroatoms. The fraction of sp³-hybridized carbons (Fsp3) is 0.424. The molecule has 2 aromatic carbocycles. The van der Waals surface area contributed by atoms with E-state index in [0.29, 0.717) is 37.2 Å². The van der Waals surface area contributed by atoms with Gasteiger partial charge in [0.25, 0.3) is 0 Å². The van der Waals surface area contributed by atoms with Crippen LogP contribution in [0.4, 0.5) is 4.79 Å². The Morgan fingerprint density at radius 3 is 2.85 bits per heavy atom. The summed E-state index contributed by atoms with van der Waals surface area (Å²) in [4.78, 5) is 15.1. The van der Waals surface area contributed by atoms with Gasteiger partial charge in [0.1, 0.15) is 12.0 Å². The molecule has 1 unspecified atom stereocenters. The number of carboxylic acid groups (broad SMARTS) is 1. The lowest BCUT2D eigenvalue weighted by Crippen LogP contribution is -2.40. The van der Waals surface area contributed by atoms with E-state index in [1.54, 1.807) is 6.26 Å². The van der Waals surface area contributed by atoms with Gasteiger partial charge < -0.3 is 19.5 Å². The monoisotopic (exact) mass is 575 g/mol. The zero-order valence-corrected chi connectivity index (χ0v) is 24.6. The second-order valence-electron chi connectivity index (χ2n) is 11.3. The van der Waals surface area contributed by atoms with E-state index < -0.39 is 6.09 Å². The molecule has 1 N–H and O–H groups in total. The summed E-state index contributed by atoms with van der Waals surface area (Å²) < 4.78 is 12.3. The second kappa shape index (κ2) is 11.7. The summed E-state index contributed by atoms with van der Waals surface area (Å²) in [5.41, 5.74) is 7.35.